The first-order valence-corrected chi connectivity index (χ1v) is 34.7. The van der Waals surface area contributed by atoms with Gasteiger partial charge < -0.3 is 14.2 Å². The Hall–Kier alpha value is -3.67. The van der Waals surface area contributed by atoms with E-state index in [4.69, 9.17) is 14.2 Å². The normalized spacial score (nSPS) is 12.7. The summed E-state index contributed by atoms with van der Waals surface area (Å²) in [5, 5.41) is 0. The Kier molecular flexibility index (Phi) is 65.7. The van der Waals surface area contributed by atoms with Crippen LogP contribution in [0.4, 0.5) is 0 Å². The van der Waals surface area contributed by atoms with Crippen LogP contribution in [0.5, 0.6) is 0 Å². The van der Waals surface area contributed by atoms with E-state index in [1.807, 2.05) is 0 Å². The summed E-state index contributed by atoms with van der Waals surface area (Å²) in [6, 6.07) is 0. The lowest BCUT2D eigenvalue weighted by molar-refractivity contribution is -0.167. The minimum Gasteiger partial charge on any atom is -0.462 e. The summed E-state index contributed by atoms with van der Waals surface area (Å²) in [6.45, 7) is 6.52. The van der Waals surface area contributed by atoms with Crippen molar-refractivity contribution in [3.63, 3.8) is 0 Å². The number of esters is 3. The summed E-state index contributed by atoms with van der Waals surface area (Å²) < 4.78 is 17.0. The van der Waals surface area contributed by atoms with Crippen molar-refractivity contribution in [2.24, 2.45) is 0 Å². The molecule has 0 aliphatic heterocycles. The zero-order valence-electron chi connectivity index (χ0n) is 53.5. The van der Waals surface area contributed by atoms with Gasteiger partial charge in [-0.15, -0.1) is 0 Å². The summed E-state index contributed by atoms with van der Waals surface area (Å²) in [7, 11) is 0. The van der Waals surface area contributed by atoms with Crippen molar-refractivity contribution in [3.8, 4) is 0 Å². The highest BCUT2D eigenvalue weighted by molar-refractivity contribution is 5.71. The Bertz CT molecular complexity index is 1580. The van der Waals surface area contributed by atoms with E-state index in [9.17, 15) is 14.4 Å². The van der Waals surface area contributed by atoms with Crippen molar-refractivity contribution >= 4 is 17.9 Å². The van der Waals surface area contributed by atoms with Gasteiger partial charge in [-0.2, -0.15) is 0 Å². The summed E-state index contributed by atoms with van der Waals surface area (Å²) in [5.74, 6) is -0.900. The lowest BCUT2D eigenvalue weighted by Crippen LogP contribution is -2.30. The van der Waals surface area contributed by atoms with Gasteiger partial charge in [-0.3, -0.25) is 14.4 Å². The summed E-state index contributed by atoms with van der Waals surface area (Å²) in [4.78, 5) is 38.5. The SMILES string of the molecule is CC/C=C\C/C=C\C/C=C\C/C=C\CCCCCCC(=O)OCC(COC(=O)CCCCCCCCCCCCC/C=C\C/C=C\CCCCCCC)OC(=O)CCCCCCCCCCCCC/C=C\C/C=C\CCCCCCC. The molecule has 0 aromatic rings. The highest BCUT2D eigenvalue weighted by atomic mass is 16.6. The molecule has 0 N–H and O–H groups in total. The summed E-state index contributed by atoms with van der Waals surface area (Å²) >= 11 is 0. The maximum absolute atomic E-state index is 13.0. The monoisotopic (exact) mass is 1130 g/mol. The third-order valence-electron chi connectivity index (χ3n) is 15.0. The van der Waals surface area contributed by atoms with Gasteiger partial charge in [0.25, 0.3) is 0 Å². The molecule has 466 valence electrons. The van der Waals surface area contributed by atoms with E-state index < -0.39 is 6.10 Å². The van der Waals surface area contributed by atoms with Crippen LogP contribution < -0.4 is 0 Å². The van der Waals surface area contributed by atoms with Gasteiger partial charge in [-0.1, -0.05) is 298 Å². The predicted octanol–water partition coefficient (Wildman–Crippen LogP) is 24.0. The van der Waals surface area contributed by atoms with Crippen LogP contribution >= 0.6 is 0 Å². The second-order valence-corrected chi connectivity index (χ2v) is 23.1. The molecule has 81 heavy (non-hydrogen) atoms. The van der Waals surface area contributed by atoms with Gasteiger partial charge in [0.1, 0.15) is 13.2 Å². The first kappa shape index (κ1) is 77.3. The van der Waals surface area contributed by atoms with Gasteiger partial charge in [-0.25, -0.2) is 0 Å². The smallest absolute Gasteiger partial charge is 0.306 e. The molecule has 1 atom stereocenters. The van der Waals surface area contributed by atoms with Crippen LogP contribution in [0, 0.1) is 0 Å². The van der Waals surface area contributed by atoms with Crippen LogP contribution in [0.2, 0.25) is 0 Å². The highest BCUT2D eigenvalue weighted by Gasteiger charge is 2.19. The maximum atomic E-state index is 13.0. The molecule has 0 saturated heterocycles. The van der Waals surface area contributed by atoms with Gasteiger partial charge in [-0.05, 0) is 122 Å². The van der Waals surface area contributed by atoms with Crippen LogP contribution in [-0.2, 0) is 28.6 Å². The Morgan fingerprint density at radius 1 is 0.259 bits per heavy atom. The predicted molar refractivity (Wildman–Crippen MR) is 353 cm³/mol. The zero-order chi connectivity index (χ0) is 58.5. The second kappa shape index (κ2) is 68.8. The fraction of sp³-hybridized carbons (Fsp3) is 0.747. The molecule has 0 aliphatic rings. The molecule has 6 nitrogen and oxygen atoms in total. The fourth-order valence-electron chi connectivity index (χ4n) is 9.85. The van der Waals surface area contributed by atoms with Gasteiger partial charge in [0, 0.05) is 19.3 Å². The third kappa shape index (κ3) is 67.0. The number of hydrogen-bond acceptors (Lipinski definition) is 6. The number of allylic oxidation sites excluding steroid dienone is 16. The molecular formula is C75H130O6. The molecule has 0 radical (unpaired) electrons. The number of unbranched alkanes of at least 4 members (excludes halogenated alkanes) is 36. The summed E-state index contributed by atoms with van der Waals surface area (Å²) in [5.41, 5.74) is 0. The Morgan fingerprint density at radius 2 is 0.481 bits per heavy atom. The number of hydrogen-bond donors (Lipinski definition) is 0. The molecule has 0 aliphatic carbocycles. The minimum atomic E-state index is -0.793. The van der Waals surface area contributed by atoms with Crippen molar-refractivity contribution in [1.29, 1.82) is 0 Å². The lowest BCUT2D eigenvalue weighted by atomic mass is 10.0. The summed E-state index contributed by atoms with van der Waals surface area (Å²) in [6.07, 6.45) is 92.8. The first-order chi connectivity index (χ1) is 40.0. The number of carbonyl (C=O) groups excluding carboxylic acids is 3. The standard InChI is InChI=1S/C75H130O6/c1-4-7-10-13-16-19-22-25-28-31-33-35-37-39-41-44-47-50-53-56-59-62-65-68-74(77)80-71-72(70-79-73(76)67-64-61-58-55-52-49-46-43-30-27-24-21-18-15-12-9-6-3)81-75(78)69-66-63-60-57-54-51-48-45-42-40-38-36-34-32-29-26-23-20-17-14-11-8-5-2/h9,12,18,21-23,25-27,30-34,46,49,72H,4-8,10-11,13-17,19-20,24,28-29,35-45,47-48,50-71H2,1-3H3/b12-9-,21-18-,25-22-,26-23-,30-27-,33-31-,34-32-,49-46-. The van der Waals surface area contributed by atoms with Crippen LogP contribution in [0.1, 0.15) is 342 Å². The van der Waals surface area contributed by atoms with Gasteiger partial charge in [0.2, 0.25) is 0 Å². The quantitative estimate of drug-likeness (QED) is 0.0261. The average molecular weight is 1130 g/mol. The molecule has 0 fully saturated rings. The molecule has 0 heterocycles. The molecule has 0 aromatic carbocycles. The lowest BCUT2D eigenvalue weighted by Gasteiger charge is -2.18. The number of carbonyl (C=O) groups is 3. The Morgan fingerprint density at radius 3 is 0.753 bits per heavy atom. The Balaban J connectivity index is 4.38. The van der Waals surface area contributed by atoms with E-state index in [1.54, 1.807) is 0 Å². The van der Waals surface area contributed by atoms with Crippen LogP contribution in [-0.4, -0.2) is 37.2 Å². The number of rotatable bonds is 63. The van der Waals surface area contributed by atoms with E-state index in [0.717, 1.165) is 109 Å². The van der Waals surface area contributed by atoms with Crippen LogP contribution in [0.3, 0.4) is 0 Å². The fourth-order valence-corrected chi connectivity index (χ4v) is 9.85. The van der Waals surface area contributed by atoms with Crippen molar-refractivity contribution in [3.05, 3.63) is 97.2 Å². The minimum absolute atomic E-state index is 0.0862. The van der Waals surface area contributed by atoms with Gasteiger partial charge in [0.15, 0.2) is 6.10 Å². The molecular weight excluding hydrogens is 997 g/mol. The van der Waals surface area contributed by atoms with E-state index in [1.165, 1.54) is 193 Å². The van der Waals surface area contributed by atoms with Crippen LogP contribution in [0.25, 0.3) is 0 Å². The average Bonchev–Trinajstić information content (AvgIpc) is 3.47. The number of ether oxygens (including phenoxy) is 3. The molecule has 6 heteroatoms. The van der Waals surface area contributed by atoms with Crippen molar-refractivity contribution in [2.75, 3.05) is 13.2 Å². The van der Waals surface area contributed by atoms with Gasteiger partial charge >= 0.3 is 17.9 Å². The largest absolute Gasteiger partial charge is 0.462 e. The zero-order valence-corrected chi connectivity index (χ0v) is 53.5. The molecule has 0 rings (SSSR count). The second-order valence-electron chi connectivity index (χ2n) is 23.1. The topological polar surface area (TPSA) is 78.9 Å². The highest BCUT2D eigenvalue weighted by Crippen LogP contribution is 2.17. The molecule has 0 spiro atoms. The maximum Gasteiger partial charge on any atom is 0.306 e. The molecule has 1 unspecified atom stereocenters. The molecule has 0 bridgehead atoms. The van der Waals surface area contributed by atoms with E-state index in [-0.39, 0.29) is 31.1 Å². The molecule has 0 aromatic heterocycles. The molecule has 0 amide bonds. The van der Waals surface area contributed by atoms with E-state index in [2.05, 4.69) is 118 Å². The first-order valence-electron chi connectivity index (χ1n) is 34.7. The van der Waals surface area contributed by atoms with Crippen molar-refractivity contribution in [1.82, 2.24) is 0 Å². The van der Waals surface area contributed by atoms with Crippen LogP contribution in [0.15, 0.2) is 97.2 Å². The van der Waals surface area contributed by atoms with Crippen molar-refractivity contribution < 1.29 is 28.6 Å². The van der Waals surface area contributed by atoms with Crippen molar-refractivity contribution in [2.45, 2.75) is 348 Å². The molecule has 0 saturated carbocycles. The van der Waals surface area contributed by atoms with Gasteiger partial charge in [0.05, 0.1) is 0 Å². The van der Waals surface area contributed by atoms with E-state index >= 15 is 0 Å². The Labute approximate surface area is 502 Å². The van der Waals surface area contributed by atoms with E-state index in [0.29, 0.717) is 19.3 Å². The third-order valence-corrected chi connectivity index (χ3v) is 15.0.